The molecule has 0 aliphatic heterocycles. The molecule has 2 saturated carbocycles. The van der Waals surface area contributed by atoms with E-state index in [1.165, 1.54) is 19.3 Å². The van der Waals surface area contributed by atoms with Crippen molar-refractivity contribution in [1.29, 1.82) is 0 Å². The van der Waals surface area contributed by atoms with Crippen LogP contribution in [0.25, 0.3) is 0 Å². The molecule has 0 spiro atoms. The molecule has 1 amide bonds. The van der Waals surface area contributed by atoms with Crippen LogP contribution in [0, 0.1) is 17.8 Å². The van der Waals surface area contributed by atoms with E-state index in [0.717, 1.165) is 12.3 Å². The number of amides is 1. The van der Waals surface area contributed by atoms with Crippen molar-refractivity contribution in [2.45, 2.75) is 25.7 Å². The van der Waals surface area contributed by atoms with Crippen LogP contribution >= 0.6 is 0 Å². The van der Waals surface area contributed by atoms with E-state index in [1.807, 2.05) is 6.07 Å². The predicted molar refractivity (Wildman–Crippen MR) is 65.7 cm³/mol. The van der Waals surface area contributed by atoms with Gasteiger partial charge in [0.05, 0.1) is 5.69 Å². The molecule has 1 aromatic carbocycles. The lowest BCUT2D eigenvalue weighted by molar-refractivity contribution is -0.121. The van der Waals surface area contributed by atoms with Crippen molar-refractivity contribution in [3.8, 4) is 5.75 Å². The molecule has 2 N–H and O–H groups in total. The summed E-state index contributed by atoms with van der Waals surface area (Å²) in [6.07, 6.45) is 4.75. The van der Waals surface area contributed by atoms with Gasteiger partial charge in [-0.3, -0.25) is 4.79 Å². The zero-order valence-corrected chi connectivity index (χ0v) is 9.73. The zero-order chi connectivity index (χ0) is 11.8. The molecule has 2 aliphatic carbocycles. The van der Waals surface area contributed by atoms with Gasteiger partial charge in [0.1, 0.15) is 5.75 Å². The number of benzene rings is 1. The molecule has 3 unspecified atom stereocenters. The van der Waals surface area contributed by atoms with Crippen LogP contribution in [-0.2, 0) is 4.79 Å². The largest absolute Gasteiger partial charge is 0.506 e. The van der Waals surface area contributed by atoms with Crippen LogP contribution < -0.4 is 5.32 Å². The van der Waals surface area contributed by atoms with Crippen LogP contribution in [-0.4, -0.2) is 11.0 Å². The average molecular weight is 231 g/mol. The maximum atomic E-state index is 12.1. The second kappa shape index (κ2) is 4.06. The average Bonchev–Trinajstić information content (AvgIpc) is 2.94. The Kier molecular flexibility index (Phi) is 2.54. The molecule has 0 radical (unpaired) electrons. The number of aromatic hydroxyl groups is 1. The van der Waals surface area contributed by atoms with Gasteiger partial charge in [-0.05, 0) is 43.2 Å². The fraction of sp³-hybridized carbons (Fsp3) is 0.500. The third-order valence-electron chi connectivity index (χ3n) is 4.24. The standard InChI is InChI=1S/C14H17NO2/c16-13-4-2-1-3-12(13)15-14(17)11-8-9-5-6-10(11)7-9/h1-4,9-11,16H,5-8H2,(H,15,17). The number of rotatable bonds is 2. The molecule has 0 saturated heterocycles. The zero-order valence-electron chi connectivity index (χ0n) is 9.73. The normalized spacial score (nSPS) is 30.5. The lowest BCUT2D eigenvalue weighted by Gasteiger charge is -2.20. The smallest absolute Gasteiger partial charge is 0.227 e. The van der Waals surface area contributed by atoms with Crippen molar-refractivity contribution >= 4 is 11.6 Å². The molecule has 3 atom stereocenters. The Hall–Kier alpha value is -1.51. The number of para-hydroxylation sites is 2. The van der Waals surface area contributed by atoms with Gasteiger partial charge in [0.25, 0.3) is 0 Å². The Labute approximate surface area is 101 Å². The van der Waals surface area contributed by atoms with Gasteiger partial charge in [-0.2, -0.15) is 0 Å². The number of hydrogen-bond donors (Lipinski definition) is 2. The van der Waals surface area contributed by atoms with Gasteiger partial charge < -0.3 is 10.4 Å². The monoisotopic (exact) mass is 231 g/mol. The Morgan fingerprint density at radius 2 is 2.06 bits per heavy atom. The maximum absolute atomic E-state index is 12.1. The minimum Gasteiger partial charge on any atom is -0.506 e. The van der Waals surface area contributed by atoms with Gasteiger partial charge in [-0.15, -0.1) is 0 Å². The molecule has 0 aromatic heterocycles. The van der Waals surface area contributed by atoms with Crippen molar-refractivity contribution in [3.05, 3.63) is 24.3 Å². The van der Waals surface area contributed by atoms with Crippen LogP contribution in [0.15, 0.2) is 24.3 Å². The minimum atomic E-state index is 0.0821. The Balaban J connectivity index is 1.70. The molecule has 0 heterocycles. The molecule has 3 nitrogen and oxygen atoms in total. The van der Waals surface area contributed by atoms with Crippen molar-refractivity contribution in [2.24, 2.45) is 17.8 Å². The molecular formula is C14H17NO2. The summed E-state index contributed by atoms with van der Waals surface area (Å²) in [5.41, 5.74) is 0.528. The van der Waals surface area contributed by atoms with Crippen molar-refractivity contribution in [2.75, 3.05) is 5.32 Å². The van der Waals surface area contributed by atoms with E-state index in [-0.39, 0.29) is 17.6 Å². The molecule has 17 heavy (non-hydrogen) atoms. The summed E-state index contributed by atoms with van der Waals surface area (Å²) < 4.78 is 0. The Bertz CT molecular complexity index is 444. The molecular weight excluding hydrogens is 214 g/mol. The highest BCUT2D eigenvalue weighted by molar-refractivity contribution is 5.94. The third kappa shape index (κ3) is 1.90. The van der Waals surface area contributed by atoms with Crippen LogP contribution in [0.1, 0.15) is 25.7 Å². The number of carbonyl (C=O) groups excluding carboxylic acids is 1. The quantitative estimate of drug-likeness (QED) is 0.769. The van der Waals surface area contributed by atoms with Crippen molar-refractivity contribution < 1.29 is 9.90 Å². The molecule has 1 aromatic rings. The van der Waals surface area contributed by atoms with Gasteiger partial charge in [0.2, 0.25) is 5.91 Å². The minimum absolute atomic E-state index is 0.0821. The number of anilines is 1. The highest BCUT2D eigenvalue weighted by atomic mass is 16.3. The topological polar surface area (TPSA) is 49.3 Å². The number of nitrogens with one attached hydrogen (secondary N) is 1. The van der Waals surface area contributed by atoms with Gasteiger partial charge in [0.15, 0.2) is 0 Å². The molecule has 2 bridgehead atoms. The summed E-state index contributed by atoms with van der Waals surface area (Å²) in [6, 6.07) is 6.90. The van der Waals surface area contributed by atoms with E-state index in [4.69, 9.17) is 0 Å². The lowest BCUT2D eigenvalue weighted by atomic mass is 9.88. The van der Waals surface area contributed by atoms with E-state index < -0.39 is 0 Å². The first-order chi connectivity index (χ1) is 8.24. The van der Waals surface area contributed by atoms with E-state index >= 15 is 0 Å². The molecule has 90 valence electrons. The van der Waals surface area contributed by atoms with E-state index in [2.05, 4.69) is 5.32 Å². The van der Waals surface area contributed by atoms with Crippen LogP contribution in [0.3, 0.4) is 0 Å². The fourth-order valence-corrected chi connectivity index (χ4v) is 3.37. The number of fused-ring (bicyclic) bond motifs is 2. The number of phenolic OH excluding ortho intramolecular Hbond substituents is 1. The third-order valence-corrected chi connectivity index (χ3v) is 4.24. The first-order valence-electron chi connectivity index (χ1n) is 6.33. The fourth-order valence-electron chi connectivity index (χ4n) is 3.37. The highest BCUT2D eigenvalue weighted by Gasteiger charge is 2.43. The van der Waals surface area contributed by atoms with E-state index in [0.29, 0.717) is 11.6 Å². The number of phenols is 1. The highest BCUT2D eigenvalue weighted by Crippen LogP contribution is 2.48. The van der Waals surface area contributed by atoms with Gasteiger partial charge in [-0.25, -0.2) is 0 Å². The van der Waals surface area contributed by atoms with Crippen molar-refractivity contribution in [3.63, 3.8) is 0 Å². The van der Waals surface area contributed by atoms with Crippen LogP contribution in [0.2, 0.25) is 0 Å². The molecule has 3 heteroatoms. The number of carbonyl (C=O) groups is 1. The summed E-state index contributed by atoms with van der Waals surface area (Å²) in [5, 5.41) is 12.5. The summed E-state index contributed by atoms with van der Waals surface area (Å²) in [7, 11) is 0. The lowest BCUT2D eigenvalue weighted by Crippen LogP contribution is -2.27. The first-order valence-corrected chi connectivity index (χ1v) is 6.33. The van der Waals surface area contributed by atoms with Gasteiger partial charge in [-0.1, -0.05) is 18.6 Å². The number of hydrogen-bond acceptors (Lipinski definition) is 2. The van der Waals surface area contributed by atoms with E-state index in [1.54, 1.807) is 18.2 Å². The second-order valence-electron chi connectivity index (χ2n) is 5.29. The van der Waals surface area contributed by atoms with E-state index in [9.17, 15) is 9.90 Å². The summed E-state index contributed by atoms with van der Waals surface area (Å²) in [6.45, 7) is 0. The van der Waals surface area contributed by atoms with Gasteiger partial charge >= 0.3 is 0 Å². The summed E-state index contributed by atoms with van der Waals surface area (Å²) >= 11 is 0. The molecule has 2 fully saturated rings. The summed E-state index contributed by atoms with van der Waals surface area (Å²) in [4.78, 5) is 12.1. The first kappa shape index (κ1) is 10.6. The molecule has 2 aliphatic rings. The Morgan fingerprint density at radius 1 is 1.24 bits per heavy atom. The van der Waals surface area contributed by atoms with Crippen LogP contribution in [0.4, 0.5) is 5.69 Å². The second-order valence-corrected chi connectivity index (χ2v) is 5.29. The predicted octanol–water partition coefficient (Wildman–Crippen LogP) is 2.77. The molecule has 3 rings (SSSR count). The van der Waals surface area contributed by atoms with Crippen molar-refractivity contribution in [1.82, 2.24) is 0 Å². The Morgan fingerprint density at radius 3 is 2.71 bits per heavy atom. The van der Waals surface area contributed by atoms with Crippen LogP contribution in [0.5, 0.6) is 5.75 Å². The summed E-state index contributed by atoms with van der Waals surface area (Å²) in [5.74, 6) is 1.72. The maximum Gasteiger partial charge on any atom is 0.227 e. The SMILES string of the molecule is O=C(Nc1ccccc1O)C1CC2CCC1C2. The van der Waals surface area contributed by atoms with Gasteiger partial charge in [0, 0.05) is 5.92 Å².